The van der Waals surface area contributed by atoms with E-state index in [1.54, 1.807) is 0 Å². The smallest absolute Gasteiger partial charge is 0.313 e. The van der Waals surface area contributed by atoms with Gasteiger partial charge in [0.25, 0.3) is 0 Å². The zero-order valence-corrected chi connectivity index (χ0v) is 8.87. The Morgan fingerprint density at radius 1 is 1.47 bits per heavy atom. The SMILES string of the molecule is COc1ccc(F)cc1C(C)(C)C(=O)O. The first kappa shape index (κ1) is 11.5. The second-order valence-corrected chi connectivity index (χ2v) is 3.77. The summed E-state index contributed by atoms with van der Waals surface area (Å²) in [6, 6.07) is 3.85. The van der Waals surface area contributed by atoms with Crippen molar-refractivity contribution in [1.82, 2.24) is 0 Å². The summed E-state index contributed by atoms with van der Waals surface area (Å²) in [7, 11) is 1.43. The number of benzene rings is 1. The summed E-state index contributed by atoms with van der Waals surface area (Å²) in [5.41, 5.74) is -0.842. The average Bonchev–Trinajstić information content (AvgIpc) is 2.17. The van der Waals surface area contributed by atoms with Gasteiger partial charge in [-0.3, -0.25) is 4.79 Å². The summed E-state index contributed by atoms with van der Waals surface area (Å²) in [6.07, 6.45) is 0. The summed E-state index contributed by atoms with van der Waals surface area (Å²) < 4.78 is 18.0. The van der Waals surface area contributed by atoms with Crippen molar-refractivity contribution in [1.29, 1.82) is 0 Å². The molecule has 0 unspecified atom stereocenters. The van der Waals surface area contributed by atoms with Gasteiger partial charge in [-0.1, -0.05) is 0 Å². The first-order valence-electron chi connectivity index (χ1n) is 4.47. The van der Waals surface area contributed by atoms with Gasteiger partial charge in [-0.15, -0.1) is 0 Å². The van der Waals surface area contributed by atoms with Crippen LogP contribution in [0.5, 0.6) is 5.75 Å². The number of halogens is 1. The van der Waals surface area contributed by atoms with Gasteiger partial charge in [0.05, 0.1) is 12.5 Å². The molecule has 0 aromatic heterocycles. The Kier molecular flexibility index (Phi) is 2.98. The number of hydrogen-bond donors (Lipinski definition) is 1. The molecule has 0 saturated carbocycles. The molecule has 0 bridgehead atoms. The van der Waals surface area contributed by atoms with Crippen molar-refractivity contribution in [3.05, 3.63) is 29.6 Å². The standard InChI is InChI=1S/C11H13FO3/c1-11(2,10(13)14)8-6-7(12)4-5-9(8)15-3/h4-6H,1-3H3,(H,13,14). The Balaban J connectivity index is 3.34. The third-order valence-electron chi connectivity index (χ3n) is 2.37. The van der Waals surface area contributed by atoms with Gasteiger partial charge in [0.2, 0.25) is 0 Å². The number of methoxy groups -OCH3 is 1. The predicted octanol–water partition coefficient (Wildman–Crippen LogP) is 2.20. The van der Waals surface area contributed by atoms with Gasteiger partial charge in [0.15, 0.2) is 0 Å². The number of carboxylic acids is 1. The number of rotatable bonds is 3. The van der Waals surface area contributed by atoms with E-state index in [4.69, 9.17) is 9.84 Å². The lowest BCUT2D eigenvalue weighted by atomic mass is 9.84. The van der Waals surface area contributed by atoms with Crippen LogP contribution in [0.15, 0.2) is 18.2 Å². The van der Waals surface area contributed by atoms with Gasteiger partial charge < -0.3 is 9.84 Å². The first-order chi connectivity index (χ1) is 6.89. The summed E-state index contributed by atoms with van der Waals surface area (Å²) in [6.45, 7) is 3.01. The molecule has 3 nitrogen and oxygen atoms in total. The maximum atomic E-state index is 13.0. The lowest BCUT2D eigenvalue weighted by Gasteiger charge is -2.22. The predicted molar refractivity (Wildman–Crippen MR) is 53.6 cm³/mol. The van der Waals surface area contributed by atoms with Crippen LogP contribution in [0.1, 0.15) is 19.4 Å². The highest BCUT2D eigenvalue weighted by Gasteiger charge is 2.32. The van der Waals surface area contributed by atoms with Gasteiger partial charge in [-0.2, -0.15) is 0 Å². The first-order valence-corrected chi connectivity index (χ1v) is 4.47. The highest BCUT2D eigenvalue weighted by molar-refractivity contribution is 5.81. The topological polar surface area (TPSA) is 46.5 Å². The van der Waals surface area contributed by atoms with Crippen molar-refractivity contribution in [3.8, 4) is 5.75 Å². The highest BCUT2D eigenvalue weighted by Crippen LogP contribution is 2.32. The Morgan fingerprint density at radius 3 is 2.53 bits per heavy atom. The van der Waals surface area contributed by atoms with Crippen LogP contribution in [-0.2, 0) is 10.2 Å². The van der Waals surface area contributed by atoms with Crippen molar-refractivity contribution in [2.24, 2.45) is 0 Å². The fourth-order valence-corrected chi connectivity index (χ4v) is 1.28. The summed E-state index contributed by atoms with van der Waals surface area (Å²) in [5, 5.41) is 9.03. The molecule has 1 aromatic rings. The highest BCUT2D eigenvalue weighted by atomic mass is 19.1. The van der Waals surface area contributed by atoms with Gasteiger partial charge in [-0.05, 0) is 32.0 Å². The van der Waals surface area contributed by atoms with E-state index in [-0.39, 0.29) is 0 Å². The molecular weight excluding hydrogens is 199 g/mol. The fourth-order valence-electron chi connectivity index (χ4n) is 1.28. The van der Waals surface area contributed by atoms with E-state index >= 15 is 0 Å². The van der Waals surface area contributed by atoms with Crippen LogP contribution in [-0.4, -0.2) is 18.2 Å². The van der Waals surface area contributed by atoms with E-state index in [1.807, 2.05) is 0 Å². The minimum absolute atomic E-state index is 0.331. The Bertz CT molecular complexity index is 385. The van der Waals surface area contributed by atoms with Crippen LogP contribution in [0.2, 0.25) is 0 Å². The van der Waals surface area contributed by atoms with E-state index in [9.17, 15) is 9.18 Å². The second kappa shape index (κ2) is 3.88. The molecule has 0 heterocycles. The lowest BCUT2D eigenvalue weighted by molar-refractivity contribution is -0.142. The van der Waals surface area contributed by atoms with Crippen LogP contribution in [0.25, 0.3) is 0 Å². The minimum Gasteiger partial charge on any atom is -0.496 e. The van der Waals surface area contributed by atoms with Crippen molar-refractivity contribution < 1.29 is 19.0 Å². The van der Waals surface area contributed by atoms with Gasteiger partial charge in [-0.25, -0.2) is 4.39 Å². The molecule has 4 heteroatoms. The zero-order valence-electron chi connectivity index (χ0n) is 8.87. The van der Waals surface area contributed by atoms with E-state index in [1.165, 1.54) is 39.2 Å². The van der Waals surface area contributed by atoms with Gasteiger partial charge in [0, 0.05) is 5.56 Å². The maximum absolute atomic E-state index is 13.0. The monoisotopic (exact) mass is 212 g/mol. The van der Waals surface area contributed by atoms with Gasteiger partial charge in [0.1, 0.15) is 11.6 Å². The molecule has 1 aromatic carbocycles. The minimum atomic E-state index is -1.17. The lowest BCUT2D eigenvalue weighted by Crippen LogP contribution is -2.29. The molecule has 82 valence electrons. The third-order valence-corrected chi connectivity index (χ3v) is 2.37. The van der Waals surface area contributed by atoms with Crippen molar-refractivity contribution in [2.75, 3.05) is 7.11 Å². The average molecular weight is 212 g/mol. The Labute approximate surface area is 87.5 Å². The number of ether oxygens (including phenoxy) is 1. The molecule has 1 rings (SSSR count). The number of hydrogen-bond acceptors (Lipinski definition) is 2. The van der Waals surface area contributed by atoms with Crippen molar-refractivity contribution in [2.45, 2.75) is 19.3 Å². The van der Waals surface area contributed by atoms with Crippen LogP contribution < -0.4 is 4.74 Å². The fraction of sp³-hybridized carbons (Fsp3) is 0.364. The molecule has 0 aliphatic heterocycles. The molecule has 0 aliphatic rings. The van der Waals surface area contributed by atoms with E-state index in [2.05, 4.69) is 0 Å². The Hall–Kier alpha value is -1.58. The quantitative estimate of drug-likeness (QED) is 0.835. The number of aliphatic carboxylic acids is 1. The molecule has 0 radical (unpaired) electrons. The zero-order chi connectivity index (χ0) is 11.6. The normalized spacial score (nSPS) is 11.2. The molecule has 0 aliphatic carbocycles. The Morgan fingerprint density at radius 2 is 2.07 bits per heavy atom. The van der Waals surface area contributed by atoms with Gasteiger partial charge >= 0.3 is 5.97 Å². The van der Waals surface area contributed by atoms with E-state index in [0.29, 0.717) is 11.3 Å². The largest absolute Gasteiger partial charge is 0.496 e. The summed E-state index contributed by atoms with van der Waals surface area (Å²) in [4.78, 5) is 11.0. The number of carboxylic acid groups (broad SMARTS) is 1. The molecule has 0 fully saturated rings. The summed E-state index contributed by atoms with van der Waals surface area (Å²) >= 11 is 0. The molecule has 0 spiro atoms. The molecule has 15 heavy (non-hydrogen) atoms. The van der Waals surface area contributed by atoms with E-state index < -0.39 is 17.2 Å². The van der Waals surface area contributed by atoms with Crippen LogP contribution in [0.3, 0.4) is 0 Å². The molecule has 0 atom stereocenters. The second-order valence-electron chi connectivity index (χ2n) is 3.77. The molecule has 1 N–H and O–H groups in total. The van der Waals surface area contributed by atoms with Crippen LogP contribution in [0.4, 0.5) is 4.39 Å². The van der Waals surface area contributed by atoms with Crippen molar-refractivity contribution in [3.63, 3.8) is 0 Å². The molecular formula is C11H13FO3. The molecule has 0 saturated heterocycles. The van der Waals surface area contributed by atoms with Crippen molar-refractivity contribution >= 4 is 5.97 Å². The maximum Gasteiger partial charge on any atom is 0.313 e. The summed E-state index contributed by atoms with van der Waals surface area (Å²) in [5.74, 6) is -1.12. The number of carbonyl (C=O) groups is 1. The molecule has 0 amide bonds. The van der Waals surface area contributed by atoms with E-state index in [0.717, 1.165) is 0 Å². The van der Waals surface area contributed by atoms with Crippen LogP contribution >= 0.6 is 0 Å². The van der Waals surface area contributed by atoms with Crippen LogP contribution in [0, 0.1) is 5.82 Å². The third kappa shape index (κ3) is 2.09.